The van der Waals surface area contributed by atoms with Gasteiger partial charge in [0.05, 0.1) is 19.1 Å². The van der Waals surface area contributed by atoms with Crippen molar-refractivity contribution >= 4 is 10.0 Å². The molecule has 0 unspecified atom stereocenters. The zero-order valence-electron chi connectivity index (χ0n) is 11.2. The molecular formula is C12H18N2O4S. The number of rotatable bonds is 5. The second-order valence-electron chi connectivity index (χ2n) is 4.35. The van der Waals surface area contributed by atoms with Crippen LogP contribution in [-0.2, 0) is 10.0 Å². The fourth-order valence-electron chi connectivity index (χ4n) is 1.87. The van der Waals surface area contributed by atoms with Gasteiger partial charge in [-0.05, 0) is 12.1 Å². The van der Waals surface area contributed by atoms with E-state index >= 15 is 0 Å². The summed E-state index contributed by atoms with van der Waals surface area (Å²) in [5.41, 5.74) is 0. The normalized spacial score (nSPS) is 16.2. The average molecular weight is 286 g/mol. The van der Waals surface area contributed by atoms with E-state index in [-0.39, 0.29) is 10.9 Å². The molecule has 1 N–H and O–H groups in total. The first-order valence-corrected chi connectivity index (χ1v) is 7.35. The molecular weight excluding hydrogens is 268 g/mol. The number of likely N-dealkylation sites (N-methyl/N-ethyl adjacent to an activating group) is 1. The number of hydrogen-bond donors (Lipinski definition) is 1. The Morgan fingerprint density at radius 2 is 1.84 bits per heavy atom. The zero-order chi connectivity index (χ0) is 14.0. The lowest BCUT2D eigenvalue weighted by Crippen LogP contribution is -2.57. The minimum Gasteiger partial charge on any atom is -0.493 e. The van der Waals surface area contributed by atoms with Gasteiger partial charge in [-0.25, -0.2) is 8.42 Å². The Labute approximate surface area is 113 Å². The molecule has 1 heterocycles. The fraction of sp³-hybridized carbons (Fsp3) is 0.500. The van der Waals surface area contributed by atoms with E-state index in [0.29, 0.717) is 24.6 Å². The van der Waals surface area contributed by atoms with Gasteiger partial charge in [0, 0.05) is 32.2 Å². The standard InChI is InChI=1S/C12H18N2O4S/c1-14(9-7-13-8-9)19(15,16)10-4-5-11(17-2)12(6-10)18-3/h4-6,9,13H,7-8H2,1-3H3. The van der Waals surface area contributed by atoms with Crippen molar-refractivity contribution in [2.45, 2.75) is 10.9 Å². The summed E-state index contributed by atoms with van der Waals surface area (Å²) in [6.07, 6.45) is 0. The number of hydrogen-bond acceptors (Lipinski definition) is 5. The first-order valence-electron chi connectivity index (χ1n) is 5.91. The van der Waals surface area contributed by atoms with Crippen LogP contribution in [0, 0.1) is 0 Å². The molecule has 1 aliphatic heterocycles. The minimum absolute atomic E-state index is 0.0121. The van der Waals surface area contributed by atoms with Crippen molar-refractivity contribution in [1.82, 2.24) is 9.62 Å². The van der Waals surface area contributed by atoms with Crippen LogP contribution in [0.5, 0.6) is 11.5 Å². The Morgan fingerprint density at radius 3 is 2.32 bits per heavy atom. The predicted octanol–water partition coefficient (Wildman–Crippen LogP) is 0.296. The van der Waals surface area contributed by atoms with Gasteiger partial charge in [-0.1, -0.05) is 0 Å². The lowest BCUT2D eigenvalue weighted by atomic mass is 10.2. The molecule has 0 amide bonds. The summed E-state index contributed by atoms with van der Waals surface area (Å²) in [7, 11) is 1.09. The number of methoxy groups -OCH3 is 2. The van der Waals surface area contributed by atoms with E-state index in [1.807, 2.05) is 0 Å². The average Bonchev–Trinajstić information content (AvgIpc) is 2.35. The molecule has 0 atom stereocenters. The van der Waals surface area contributed by atoms with Crippen molar-refractivity contribution in [1.29, 1.82) is 0 Å². The van der Waals surface area contributed by atoms with Crippen LogP contribution in [0.2, 0.25) is 0 Å². The number of sulfonamides is 1. The Hall–Kier alpha value is -1.31. The van der Waals surface area contributed by atoms with Crippen LogP contribution < -0.4 is 14.8 Å². The maximum atomic E-state index is 12.4. The molecule has 1 aromatic rings. The highest BCUT2D eigenvalue weighted by Gasteiger charge is 2.32. The van der Waals surface area contributed by atoms with E-state index in [4.69, 9.17) is 9.47 Å². The number of ether oxygens (including phenoxy) is 2. The number of nitrogens with one attached hydrogen (secondary N) is 1. The van der Waals surface area contributed by atoms with Crippen molar-refractivity contribution < 1.29 is 17.9 Å². The molecule has 1 fully saturated rings. The molecule has 19 heavy (non-hydrogen) atoms. The molecule has 1 saturated heterocycles. The molecule has 7 heteroatoms. The third kappa shape index (κ3) is 2.54. The van der Waals surface area contributed by atoms with Crippen LogP contribution in [0.15, 0.2) is 23.1 Å². The molecule has 0 aliphatic carbocycles. The van der Waals surface area contributed by atoms with E-state index in [0.717, 1.165) is 0 Å². The van der Waals surface area contributed by atoms with E-state index < -0.39 is 10.0 Å². The van der Waals surface area contributed by atoms with E-state index in [9.17, 15) is 8.42 Å². The van der Waals surface area contributed by atoms with Crippen molar-refractivity contribution in [3.8, 4) is 11.5 Å². The monoisotopic (exact) mass is 286 g/mol. The largest absolute Gasteiger partial charge is 0.493 e. The molecule has 0 bridgehead atoms. The lowest BCUT2D eigenvalue weighted by Gasteiger charge is -2.34. The molecule has 106 valence electrons. The van der Waals surface area contributed by atoms with Gasteiger partial charge in [0.15, 0.2) is 11.5 Å². The van der Waals surface area contributed by atoms with Gasteiger partial charge < -0.3 is 14.8 Å². The third-order valence-electron chi connectivity index (χ3n) is 3.31. The summed E-state index contributed by atoms with van der Waals surface area (Å²) >= 11 is 0. The Balaban J connectivity index is 2.34. The second kappa shape index (κ2) is 5.36. The van der Waals surface area contributed by atoms with Gasteiger partial charge in [-0.2, -0.15) is 4.31 Å². The Kier molecular flexibility index (Phi) is 3.98. The number of benzene rings is 1. The summed E-state index contributed by atoms with van der Waals surface area (Å²) in [6, 6.07) is 4.62. The van der Waals surface area contributed by atoms with Crippen LogP contribution in [-0.4, -0.2) is 53.1 Å². The maximum absolute atomic E-state index is 12.4. The van der Waals surface area contributed by atoms with E-state index in [1.165, 1.54) is 30.7 Å². The van der Waals surface area contributed by atoms with Crippen LogP contribution in [0.3, 0.4) is 0 Å². The fourth-order valence-corrected chi connectivity index (χ4v) is 3.24. The van der Waals surface area contributed by atoms with Gasteiger partial charge in [0.25, 0.3) is 0 Å². The molecule has 0 saturated carbocycles. The van der Waals surface area contributed by atoms with Crippen LogP contribution in [0.25, 0.3) is 0 Å². The Morgan fingerprint density at radius 1 is 1.21 bits per heavy atom. The first kappa shape index (κ1) is 14.1. The van der Waals surface area contributed by atoms with Crippen molar-refractivity contribution in [3.05, 3.63) is 18.2 Å². The number of nitrogens with zero attached hydrogens (tertiary/aromatic N) is 1. The highest BCUT2D eigenvalue weighted by Crippen LogP contribution is 2.30. The summed E-state index contributed by atoms with van der Waals surface area (Å²) in [4.78, 5) is 0.208. The SMILES string of the molecule is COc1ccc(S(=O)(=O)N(C)C2CNC2)cc1OC. The summed E-state index contributed by atoms with van der Waals surface area (Å²) < 4.78 is 36.5. The second-order valence-corrected chi connectivity index (χ2v) is 6.35. The van der Waals surface area contributed by atoms with Crippen molar-refractivity contribution in [2.24, 2.45) is 0 Å². The van der Waals surface area contributed by atoms with Gasteiger partial charge in [-0.15, -0.1) is 0 Å². The summed E-state index contributed by atoms with van der Waals surface area (Å²) in [5, 5.41) is 3.06. The van der Waals surface area contributed by atoms with Crippen molar-refractivity contribution in [3.63, 3.8) is 0 Å². The summed E-state index contributed by atoms with van der Waals surface area (Å²) in [6.45, 7) is 1.37. The molecule has 2 rings (SSSR count). The highest BCUT2D eigenvalue weighted by molar-refractivity contribution is 7.89. The van der Waals surface area contributed by atoms with Crippen LogP contribution >= 0.6 is 0 Å². The maximum Gasteiger partial charge on any atom is 0.243 e. The third-order valence-corrected chi connectivity index (χ3v) is 5.21. The van der Waals surface area contributed by atoms with Crippen LogP contribution in [0.1, 0.15) is 0 Å². The smallest absolute Gasteiger partial charge is 0.243 e. The van der Waals surface area contributed by atoms with Crippen molar-refractivity contribution in [2.75, 3.05) is 34.4 Å². The minimum atomic E-state index is -3.50. The molecule has 1 aromatic carbocycles. The zero-order valence-corrected chi connectivity index (χ0v) is 12.0. The topological polar surface area (TPSA) is 67.9 Å². The van der Waals surface area contributed by atoms with Gasteiger partial charge in [-0.3, -0.25) is 0 Å². The summed E-state index contributed by atoms with van der Waals surface area (Å²) in [5.74, 6) is 0.915. The predicted molar refractivity (Wildman–Crippen MR) is 71.2 cm³/mol. The molecule has 0 spiro atoms. The van der Waals surface area contributed by atoms with Gasteiger partial charge in [0.1, 0.15) is 0 Å². The molecule has 1 aliphatic rings. The molecule has 0 radical (unpaired) electrons. The molecule has 0 aromatic heterocycles. The first-order chi connectivity index (χ1) is 9.00. The van der Waals surface area contributed by atoms with E-state index in [2.05, 4.69) is 5.32 Å². The van der Waals surface area contributed by atoms with Crippen LogP contribution in [0.4, 0.5) is 0 Å². The Bertz CT molecular complexity index is 555. The van der Waals surface area contributed by atoms with Gasteiger partial charge in [0.2, 0.25) is 10.0 Å². The highest BCUT2D eigenvalue weighted by atomic mass is 32.2. The van der Waals surface area contributed by atoms with Gasteiger partial charge >= 0.3 is 0 Å². The molecule has 6 nitrogen and oxygen atoms in total. The van der Waals surface area contributed by atoms with E-state index in [1.54, 1.807) is 13.1 Å². The lowest BCUT2D eigenvalue weighted by molar-refractivity contribution is 0.274. The quantitative estimate of drug-likeness (QED) is 0.843.